The van der Waals surface area contributed by atoms with Gasteiger partial charge in [0.25, 0.3) is 11.8 Å². The molecule has 6 aliphatic rings. The van der Waals surface area contributed by atoms with Gasteiger partial charge in [0.2, 0.25) is 52.7 Å². The van der Waals surface area contributed by atoms with Crippen molar-refractivity contribution in [2.45, 2.75) is 176 Å². The van der Waals surface area contributed by atoms with E-state index in [4.69, 9.17) is 24.6 Å². The molecule has 7 rings (SSSR count). The first-order chi connectivity index (χ1) is 42.6. The number of esters is 2. The SMILES string of the molecule is CC[C@H](C)[C@@H]1NC(=O)[C@H](NC(=O)c2c3nc4c(C(=O)N[C@H]5C(=O)N[C@H](C(C)C)C(=O)N6CCC[C@H]6C(=O)N(C)CC(=O)N(C)[C@@H](C(C)C)C(=O)O[C@@H]5C)ccc(C)c4oc-3c(C)c(=O)c2N)[C@@H](C)OC(=O)[C@H](C(C)C)N(C)C(=O)CN(C)C(=O)[C@@H]2CCCN2C1=O. The van der Waals surface area contributed by atoms with Crippen LogP contribution in [-0.4, -0.2) is 220 Å². The van der Waals surface area contributed by atoms with Gasteiger partial charge >= 0.3 is 11.9 Å². The number of hydrogen-bond acceptors (Lipinski definition) is 18. The van der Waals surface area contributed by atoms with E-state index in [1.807, 2.05) is 0 Å². The molecule has 5 aliphatic heterocycles. The zero-order valence-electron chi connectivity index (χ0n) is 54.8. The van der Waals surface area contributed by atoms with E-state index in [-0.39, 0.29) is 53.9 Å². The maximum absolute atomic E-state index is 15.2. The minimum absolute atomic E-state index is 0.0750. The third kappa shape index (κ3) is 14.1. The smallest absolute Gasteiger partial charge is 0.329 e. The van der Waals surface area contributed by atoms with Gasteiger partial charge in [-0.2, -0.15) is 0 Å². The molecule has 91 heavy (non-hydrogen) atoms. The molecule has 5 heterocycles. The molecule has 6 N–H and O–H groups in total. The number of anilines is 1. The molecule has 1 aromatic carbocycles. The highest BCUT2D eigenvalue weighted by molar-refractivity contribution is 6.10. The van der Waals surface area contributed by atoms with Crippen LogP contribution in [-0.2, 0) is 57.4 Å². The maximum Gasteiger partial charge on any atom is 0.329 e. The van der Waals surface area contributed by atoms with Crippen LogP contribution in [0.25, 0.3) is 22.6 Å². The van der Waals surface area contributed by atoms with Gasteiger partial charge in [0, 0.05) is 46.8 Å². The lowest BCUT2D eigenvalue weighted by Crippen LogP contribution is -2.61. The average Bonchev–Trinajstić information content (AvgIpc) is 1.28. The fraction of sp³-hybridized carbons (Fsp3) is 0.619. The first kappa shape index (κ1) is 69.7. The lowest BCUT2D eigenvalue weighted by atomic mass is 9.96. The molecule has 28 nitrogen and oxygen atoms in total. The van der Waals surface area contributed by atoms with E-state index < -0.39 is 191 Å². The topological polar surface area (TPSA) is 360 Å². The van der Waals surface area contributed by atoms with Crippen LogP contribution in [0, 0.1) is 37.5 Å². The van der Waals surface area contributed by atoms with Crippen molar-refractivity contribution in [1.29, 1.82) is 0 Å². The molecule has 0 aromatic heterocycles. The van der Waals surface area contributed by atoms with Crippen LogP contribution >= 0.6 is 0 Å². The zero-order valence-corrected chi connectivity index (χ0v) is 54.8. The van der Waals surface area contributed by atoms with E-state index in [1.165, 1.54) is 80.7 Å². The number of cyclic esters (lactones) is 2. The summed E-state index contributed by atoms with van der Waals surface area (Å²) in [5.41, 5.74) is 3.60. The Morgan fingerprint density at radius 1 is 0.648 bits per heavy atom. The number of carbonyl (C=O) groups excluding carboxylic acids is 12. The highest BCUT2D eigenvalue weighted by atomic mass is 16.6. The molecule has 28 heteroatoms. The van der Waals surface area contributed by atoms with Crippen molar-refractivity contribution in [3.63, 3.8) is 0 Å². The van der Waals surface area contributed by atoms with Crippen LogP contribution in [0.2, 0.25) is 0 Å². The summed E-state index contributed by atoms with van der Waals surface area (Å²) in [5.74, 6) is -12.3. The normalized spacial score (nSPS) is 26.4. The summed E-state index contributed by atoms with van der Waals surface area (Å²) in [7, 11) is 5.60. The Labute approximate surface area is 528 Å². The number of amides is 10. The molecular weight excluding hydrogens is 1180 g/mol. The number of ether oxygens (including phenoxy) is 2. The summed E-state index contributed by atoms with van der Waals surface area (Å²) in [5, 5.41) is 10.8. The summed E-state index contributed by atoms with van der Waals surface area (Å²) < 4.78 is 18.3. The molecule has 0 radical (unpaired) electrons. The van der Waals surface area contributed by atoms with Crippen molar-refractivity contribution in [2.24, 2.45) is 23.7 Å². The first-order valence-electron chi connectivity index (χ1n) is 31.1. The Morgan fingerprint density at radius 2 is 1.10 bits per heavy atom. The fourth-order valence-corrected chi connectivity index (χ4v) is 12.4. The molecular formula is C63H88N12O16. The fourth-order valence-electron chi connectivity index (χ4n) is 12.4. The molecule has 11 atom stereocenters. The largest absolute Gasteiger partial charge is 0.458 e. The van der Waals surface area contributed by atoms with Crippen LogP contribution in [0.4, 0.5) is 5.69 Å². The van der Waals surface area contributed by atoms with E-state index in [1.54, 1.807) is 62.3 Å². The van der Waals surface area contributed by atoms with Gasteiger partial charge in [-0.3, -0.25) is 52.7 Å². The van der Waals surface area contributed by atoms with Crippen molar-refractivity contribution < 1.29 is 71.4 Å². The number of nitrogen functional groups attached to an aromatic ring is 1. The van der Waals surface area contributed by atoms with Gasteiger partial charge < -0.3 is 70.3 Å². The third-order valence-corrected chi connectivity index (χ3v) is 18.1. The molecule has 4 saturated heterocycles. The van der Waals surface area contributed by atoms with E-state index in [2.05, 4.69) is 21.3 Å². The minimum atomic E-state index is -1.88. The summed E-state index contributed by atoms with van der Waals surface area (Å²) in [6.07, 6.45) is -1.30. The molecule has 0 spiro atoms. The van der Waals surface area contributed by atoms with Gasteiger partial charge in [-0.25, -0.2) is 14.6 Å². The number of likely N-dealkylation sites (N-methyl/N-ethyl adjacent to an activating group) is 4. The third-order valence-electron chi connectivity index (χ3n) is 18.1. The predicted molar refractivity (Wildman–Crippen MR) is 330 cm³/mol. The van der Waals surface area contributed by atoms with E-state index >= 15 is 14.4 Å². The van der Waals surface area contributed by atoms with Crippen LogP contribution in [0.3, 0.4) is 0 Å². The number of nitrogens with one attached hydrogen (secondary N) is 4. The molecule has 0 saturated carbocycles. The molecule has 4 fully saturated rings. The molecule has 1 aliphatic carbocycles. The van der Waals surface area contributed by atoms with Crippen LogP contribution in [0.15, 0.2) is 21.3 Å². The van der Waals surface area contributed by atoms with Crippen molar-refractivity contribution in [3.8, 4) is 11.5 Å². The number of carbonyl (C=O) groups is 12. The second kappa shape index (κ2) is 28.2. The first-order valence-corrected chi connectivity index (χ1v) is 31.1. The van der Waals surface area contributed by atoms with Gasteiger partial charge in [-0.15, -0.1) is 0 Å². The molecule has 10 amide bonds. The summed E-state index contributed by atoms with van der Waals surface area (Å²) in [6, 6.07) is -7.88. The van der Waals surface area contributed by atoms with Gasteiger partial charge in [0.1, 0.15) is 71.8 Å². The van der Waals surface area contributed by atoms with E-state index in [0.29, 0.717) is 24.8 Å². The van der Waals surface area contributed by atoms with Gasteiger partial charge in [0.05, 0.1) is 29.9 Å². The lowest BCUT2D eigenvalue weighted by molar-refractivity contribution is -0.163. The Morgan fingerprint density at radius 3 is 1.55 bits per heavy atom. The molecule has 0 unspecified atom stereocenters. The van der Waals surface area contributed by atoms with Gasteiger partial charge in [0.15, 0.2) is 11.3 Å². The highest BCUT2D eigenvalue weighted by Crippen LogP contribution is 2.35. The monoisotopic (exact) mass is 1270 g/mol. The number of aromatic nitrogens is 1. The summed E-state index contributed by atoms with van der Waals surface area (Å²) in [4.78, 5) is 200. The minimum Gasteiger partial charge on any atom is -0.458 e. The Balaban J connectivity index is 1.33. The molecule has 496 valence electrons. The number of hydrogen-bond donors (Lipinski definition) is 5. The molecule has 1 aromatic rings. The molecule has 0 bridgehead atoms. The highest BCUT2D eigenvalue weighted by Gasteiger charge is 2.47. The maximum atomic E-state index is 15.2. The Bertz CT molecular complexity index is 3440. The van der Waals surface area contributed by atoms with Crippen molar-refractivity contribution in [3.05, 3.63) is 44.6 Å². The zero-order chi connectivity index (χ0) is 67.7. The number of fused-ring (bicyclic) bond motifs is 4. The average molecular weight is 1270 g/mol. The Kier molecular flexibility index (Phi) is 21.6. The van der Waals surface area contributed by atoms with Crippen LogP contribution < -0.4 is 32.4 Å². The van der Waals surface area contributed by atoms with Crippen LogP contribution in [0.1, 0.15) is 133 Å². The second-order valence-electron chi connectivity index (χ2n) is 25.7. The summed E-state index contributed by atoms with van der Waals surface area (Å²) in [6.45, 7) is 18.6. The number of benzene rings is 2. The number of aryl methyl sites for hydroxylation is 1. The predicted octanol–water partition coefficient (Wildman–Crippen LogP) is 1.12. The summed E-state index contributed by atoms with van der Waals surface area (Å²) >= 11 is 0. The van der Waals surface area contributed by atoms with E-state index in [9.17, 15) is 47.9 Å². The van der Waals surface area contributed by atoms with Crippen molar-refractivity contribution in [2.75, 3.05) is 60.1 Å². The number of nitrogens with two attached hydrogens (primary N) is 1. The second-order valence-corrected chi connectivity index (χ2v) is 25.7. The quantitative estimate of drug-likeness (QED) is 0.114. The van der Waals surface area contributed by atoms with Gasteiger partial charge in [-0.05, 0) is 88.7 Å². The van der Waals surface area contributed by atoms with E-state index in [0.717, 1.165) is 9.80 Å². The Hall–Kier alpha value is -8.72. The standard InChI is InChI=1S/C63H88N12O16/c1-17-31(8)44-61(86)75-25-19-21-38(75)59(84)71(14)27-40(77)73(16)50(30(6)7)63(88)90-35(12)46(57(82)67-44)69-55(80)41-42(64)51(78)33(10)53-48(41)65-47-36(23-22-32(9)52(47)91-53)54(79)68-45-34(11)89-62(87)49(29(4)5)72(15)39(76)26-70(13)58(83)37-20-18-24-74(37)60(85)43(28(2)3)66-56(45)81/h22-23,28-31,34-35,37-38,43-46,49-50H,17-21,24-27,64H2,1-16H3,(H,66,81)(H,67,82)(H,68,79)(H,69,80)/t31-,34+,35+,37-,38-,43+,44-,45+,46+,49-,50-/m0/s1. The van der Waals surface area contributed by atoms with Crippen LogP contribution in [0.5, 0.6) is 0 Å². The van der Waals surface area contributed by atoms with Crippen molar-refractivity contribution in [1.82, 2.24) is 55.7 Å². The number of rotatable bonds is 9. The number of nitrogens with zero attached hydrogens (tertiary/aromatic N) is 7. The van der Waals surface area contributed by atoms with Gasteiger partial charge in [-0.1, -0.05) is 67.9 Å². The lowest BCUT2D eigenvalue weighted by Gasteiger charge is -2.36. The van der Waals surface area contributed by atoms with Crippen molar-refractivity contribution >= 4 is 87.8 Å².